The van der Waals surface area contributed by atoms with Crippen molar-refractivity contribution in [2.75, 3.05) is 5.73 Å². The van der Waals surface area contributed by atoms with Gasteiger partial charge >= 0.3 is 6.18 Å². The van der Waals surface area contributed by atoms with Crippen LogP contribution in [-0.2, 0) is 6.18 Å². The number of nitrogens with two attached hydrogens (primary N) is 1. The second kappa shape index (κ2) is 6.97. The molecule has 0 bridgehead atoms. The van der Waals surface area contributed by atoms with Gasteiger partial charge in [-0.1, -0.05) is 12.1 Å². The van der Waals surface area contributed by atoms with Crippen LogP contribution in [0.2, 0.25) is 0 Å². The molecule has 3 heterocycles. The summed E-state index contributed by atoms with van der Waals surface area (Å²) < 4.78 is 40.0. The maximum Gasteiger partial charge on any atom is 0.416 e. The number of anilines is 1. The molecule has 0 atom stereocenters. The molecule has 0 unspecified atom stereocenters. The predicted octanol–water partition coefficient (Wildman–Crippen LogP) is 3.70. The van der Waals surface area contributed by atoms with Gasteiger partial charge in [-0.2, -0.15) is 13.2 Å². The van der Waals surface area contributed by atoms with E-state index in [1.54, 1.807) is 36.1 Å². The molecule has 0 saturated carbocycles. The molecular formula is C19H14F3N7. The van der Waals surface area contributed by atoms with Gasteiger partial charge in [-0.15, -0.1) is 0 Å². The van der Waals surface area contributed by atoms with Crippen LogP contribution in [0.15, 0.2) is 55.2 Å². The molecule has 0 radical (unpaired) electrons. The van der Waals surface area contributed by atoms with Crippen LogP contribution in [-0.4, -0.2) is 29.5 Å². The zero-order chi connectivity index (χ0) is 20.6. The molecule has 0 spiro atoms. The van der Waals surface area contributed by atoms with Gasteiger partial charge in [-0.25, -0.2) is 24.9 Å². The minimum absolute atomic E-state index is 0.163. The monoisotopic (exact) mass is 397 g/mol. The Kier molecular flexibility index (Phi) is 4.45. The van der Waals surface area contributed by atoms with E-state index in [4.69, 9.17) is 5.73 Å². The van der Waals surface area contributed by atoms with Crippen LogP contribution in [0.25, 0.3) is 28.5 Å². The molecule has 10 heteroatoms. The van der Waals surface area contributed by atoms with E-state index in [-0.39, 0.29) is 5.95 Å². The number of halogens is 3. The van der Waals surface area contributed by atoms with E-state index in [1.807, 2.05) is 0 Å². The summed E-state index contributed by atoms with van der Waals surface area (Å²) in [4.78, 5) is 21.0. The van der Waals surface area contributed by atoms with E-state index in [0.29, 0.717) is 34.2 Å². The molecule has 146 valence electrons. The number of rotatable bonds is 3. The second-order valence-corrected chi connectivity index (χ2v) is 6.27. The van der Waals surface area contributed by atoms with Gasteiger partial charge in [-0.05, 0) is 25.1 Å². The summed E-state index contributed by atoms with van der Waals surface area (Å²) in [5.74, 6) is 0.506. The minimum atomic E-state index is -4.38. The normalized spacial score (nSPS) is 11.6. The van der Waals surface area contributed by atoms with E-state index >= 15 is 0 Å². The van der Waals surface area contributed by atoms with E-state index in [0.717, 1.165) is 12.1 Å². The quantitative estimate of drug-likeness (QED) is 0.566. The molecule has 0 saturated heterocycles. The Bertz CT molecular complexity index is 1150. The number of alkyl halides is 3. The number of hydrogen-bond acceptors (Lipinski definition) is 6. The lowest BCUT2D eigenvalue weighted by atomic mass is 10.1. The van der Waals surface area contributed by atoms with Gasteiger partial charge in [-0.3, -0.25) is 4.57 Å². The maximum atomic E-state index is 12.8. The zero-order valence-corrected chi connectivity index (χ0v) is 15.1. The SMILES string of the molecule is Cc1cc(-c2ccc(C(F)(F)F)cc2)nc(-n2cnc(-c3cnc(N)nc3)c2)n1. The third-order valence-corrected chi connectivity index (χ3v) is 4.13. The lowest BCUT2D eigenvalue weighted by Crippen LogP contribution is -2.05. The van der Waals surface area contributed by atoms with Gasteiger partial charge in [0.25, 0.3) is 0 Å². The van der Waals surface area contributed by atoms with Crippen LogP contribution in [0.5, 0.6) is 0 Å². The molecule has 0 aliphatic heterocycles. The molecule has 4 rings (SSSR count). The molecule has 0 amide bonds. The number of nitrogen functional groups attached to an aromatic ring is 1. The fraction of sp³-hybridized carbons (Fsp3) is 0.105. The summed E-state index contributed by atoms with van der Waals surface area (Å²) in [6, 6.07) is 6.54. The number of aromatic nitrogens is 6. The first-order valence-electron chi connectivity index (χ1n) is 8.45. The molecule has 1 aromatic carbocycles. The standard InChI is InChI=1S/C19H14F3N7/c1-11-6-15(12-2-4-14(5-3-12)19(20,21)22)28-18(27-11)29-9-16(26-10-29)13-7-24-17(23)25-8-13/h2-10H,1H3,(H2,23,24,25). The first-order chi connectivity index (χ1) is 13.8. The van der Waals surface area contributed by atoms with Crippen LogP contribution < -0.4 is 5.73 Å². The van der Waals surface area contributed by atoms with Crippen LogP contribution in [0, 0.1) is 6.92 Å². The van der Waals surface area contributed by atoms with Gasteiger partial charge in [0.1, 0.15) is 6.33 Å². The van der Waals surface area contributed by atoms with Crippen molar-refractivity contribution < 1.29 is 13.2 Å². The summed E-state index contributed by atoms with van der Waals surface area (Å²) in [6.07, 6.45) is 1.97. The summed E-state index contributed by atoms with van der Waals surface area (Å²) in [5, 5.41) is 0. The fourth-order valence-corrected chi connectivity index (χ4v) is 2.70. The predicted molar refractivity (Wildman–Crippen MR) is 99.8 cm³/mol. The highest BCUT2D eigenvalue weighted by molar-refractivity contribution is 5.61. The molecule has 0 aliphatic carbocycles. The van der Waals surface area contributed by atoms with Gasteiger partial charge in [0.2, 0.25) is 11.9 Å². The van der Waals surface area contributed by atoms with Crippen molar-refractivity contribution in [1.82, 2.24) is 29.5 Å². The molecule has 4 aromatic rings. The summed E-state index contributed by atoms with van der Waals surface area (Å²) in [7, 11) is 0. The van der Waals surface area contributed by atoms with E-state index in [9.17, 15) is 13.2 Å². The largest absolute Gasteiger partial charge is 0.416 e. The third-order valence-electron chi connectivity index (χ3n) is 4.13. The van der Waals surface area contributed by atoms with Crippen molar-refractivity contribution >= 4 is 5.95 Å². The average Bonchev–Trinajstić information content (AvgIpc) is 3.18. The lowest BCUT2D eigenvalue weighted by Gasteiger charge is -2.09. The number of aryl methyl sites for hydroxylation is 1. The van der Waals surface area contributed by atoms with Crippen LogP contribution in [0.3, 0.4) is 0 Å². The molecule has 7 nitrogen and oxygen atoms in total. The topological polar surface area (TPSA) is 95.4 Å². The molecule has 0 aliphatic rings. The van der Waals surface area contributed by atoms with Gasteiger partial charge < -0.3 is 5.73 Å². The number of imidazole rings is 1. The Morgan fingerprint density at radius 1 is 0.897 bits per heavy atom. The van der Waals surface area contributed by atoms with Crippen LogP contribution >= 0.6 is 0 Å². The molecule has 0 fully saturated rings. The molecule has 29 heavy (non-hydrogen) atoms. The Morgan fingerprint density at radius 2 is 1.59 bits per heavy atom. The minimum Gasteiger partial charge on any atom is -0.368 e. The van der Waals surface area contributed by atoms with Crippen molar-refractivity contribution in [2.24, 2.45) is 0 Å². The smallest absolute Gasteiger partial charge is 0.368 e. The van der Waals surface area contributed by atoms with Crippen LogP contribution in [0.4, 0.5) is 19.1 Å². The average molecular weight is 397 g/mol. The number of hydrogen-bond donors (Lipinski definition) is 1. The highest BCUT2D eigenvalue weighted by Crippen LogP contribution is 2.31. The van der Waals surface area contributed by atoms with Crippen molar-refractivity contribution in [3.63, 3.8) is 0 Å². The summed E-state index contributed by atoms with van der Waals surface area (Å²) in [5.41, 5.74) is 7.78. The van der Waals surface area contributed by atoms with E-state index in [2.05, 4.69) is 24.9 Å². The second-order valence-electron chi connectivity index (χ2n) is 6.27. The van der Waals surface area contributed by atoms with E-state index < -0.39 is 11.7 Å². The maximum absolute atomic E-state index is 12.8. The van der Waals surface area contributed by atoms with Gasteiger partial charge in [0.15, 0.2) is 0 Å². The van der Waals surface area contributed by atoms with Crippen molar-refractivity contribution in [3.05, 3.63) is 66.5 Å². The Hall–Kier alpha value is -3.82. The summed E-state index contributed by atoms with van der Waals surface area (Å²) in [6.45, 7) is 1.78. The lowest BCUT2D eigenvalue weighted by molar-refractivity contribution is -0.137. The first-order valence-corrected chi connectivity index (χ1v) is 8.45. The Labute approximate surface area is 163 Å². The van der Waals surface area contributed by atoms with E-state index in [1.165, 1.54) is 18.5 Å². The van der Waals surface area contributed by atoms with Crippen molar-refractivity contribution in [1.29, 1.82) is 0 Å². The molecule has 2 N–H and O–H groups in total. The fourth-order valence-electron chi connectivity index (χ4n) is 2.70. The zero-order valence-electron chi connectivity index (χ0n) is 15.1. The number of benzene rings is 1. The van der Waals surface area contributed by atoms with Gasteiger partial charge in [0.05, 0.1) is 17.0 Å². The Balaban J connectivity index is 1.68. The van der Waals surface area contributed by atoms with Gasteiger partial charge in [0, 0.05) is 35.4 Å². The summed E-state index contributed by atoms with van der Waals surface area (Å²) >= 11 is 0. The highest BCUT2D eigenvalue weighted by Gasteiger charge is 2.30. The number of nitrogens with zero attached hydrogens (tertiary/aromatic N) is 6. The van der Waals surface area contributed by atoms with Crippen LogP contribution in [0.1, 0.15) is 11.3 Å². The third kappa shape index (κ3) is 3.91. The molecular weight excluding hydrogens is 383 g/mol. The molecule has 3 aromatic heterocycles. The Morgan fingerprint density at radius 3 is 2.24 bits per heavy atom. The van der Waals surface area contributed by atoms with Crippen molar-refractivity contribution in [3.8, 4) is 28.5 Å². The van der Waals surface area contributed by atoms with Crippen molar-refractivity contribution in [2.45, 2.75) is 13.1 Å². The first kappa shape index (κ1) is 18.5. The highest BCUT2D eigenvalue weighted by atomic mass is 19.4.